The molecule has 0 bridgehead atoms. The van der Waals surface area contributed by atoms with Gasteiger partial charge in [0.25, 0.3) is 0 Å². The number of hydrogen-bond acceptors (Lipinski definition) is 3. The predicted molar refractivity (Wildman–Crippen MR) is 77.4 cm³/mol. The summed E-state index contributed by atoms with van der Waals surface area (Å²) in [5.74, 6) is -0.0338. The molecule has 0 saturated heterocycles. The minimum atomic E-state index is -0.982. The van der Waals surface area contributed by atoms with Crippen LogP contribution >= 0.6 is 15.9 Å². The first kappa shape index (κ1) is 13.1. The van der Waals surface area contributed by atoms with E-state index >= 15 is 0 Å². The van der Waals surface area contributed by atoms with E-state index < -0.39 is 5.97 Å². The third-order valence-corrected chi connectivity index (χ3v) is 3.95. The average molecular weight is 334 g/mol. The molecule has 0 unspecified atom stereocenters. The molecule has 1 aliphatic carbocycles. The van der Waals surface area contributed by atoms with Gasteiger partial charge in [0.2, 0.25) is 5.88 Å². The van der Waals surface area contributed by atoms with Crippen molar-refractivity contribution in [3.8, 4) is 11.6 Å². The molecular formula is C15H12BrNO3. The van der Waals surface area contributed by atoms with Crippen LogP contribution in [0.25, 0.3) is 0 Å². The Bertz CT molecular complexity index is 685. The summed E-state index contributed by atoms with van der Waals surface area (Å²) >= 11 is 3.35. The van der Waals surface area contributed by atoms with Crippen LogP contribution in [0.4, 0.5) is 0 Å². The number of benzene rings is 1. The fourth-order valence-electron chi connectivity index (χ4n) is 2.28. The Morgan fingerprint density at radius 3 is 2.90 bits per heavy atom. The van der Waals surface area contributed by atoms with Crippen molar-refractivity contribution in [2.75, 3.05) is 0 Å². The molecule has 20 heavy (non-hydrogen) atoms. The number of halogens is 1. The van der Waals surface area contributed by atoms with E-state index in [0.29, 0.717) is 16.1 Å². The van der Waals surface area contributed by atoms with E-state index in [1.165, 1.54) is 17.7 Å². The Balaban J connectivity index is 1.91. The van der Waals surface area contributed by atoms with Gasteiger partial charge in [-0.25, -0.2) is 9.78 Å². The molecule has 102 valence electrons. The molecule has 0 fully saturated rings. The fourth-order valence-corrected chi connectivity index (χ4v) is 2.61. The molecule has 2 aromatic rings. The van der Waals surface area contributed by atoms with Gasteiger partial charge in [-0.15, -0.1) is 0 Å². The van der Waals surface area contributed by atoms with E-state index in [9.17, 15) is 4.79 Å². The number of fused-ring (bicyclic) bond motifs is 1. The van der Waals surface area contributed by atoms with E-state index in [2.05, 4.69) is 20.9 Å². The van der Waals surface area contributed by atoms with E-state index in [4.69, 9.17) is 9.84 Å². The lowest BCUT2D eigenvalue weighted by Gasteiger charge is -2.09. The molecule has 1 aromatic carbocycles. The number of carbonyl (C=O) groups is 1. The summed E-state index contributed by atoms with van der Waals surface area (Å²) in [7, 11) is 0. The van der Waals surface area contributed by atoms with Gasteiger partial charge in [0.05, 0.1) is 10.0 Å². The summed E-state index contributed by atoms with van der Waals surface area (Å²) in [6, 6.07) is 8.52. The maximum Gasteiger partial charge on any atom is 0.335 e. The number of pyridine rings is 1. The summed E-state index contributed by atoms with van der Waals surface area (Å²) < 4.78 is 6.40. The van der Waals surface area contributed by atoms with E-state index in [0.717, 1.165) is 25.0 Å². The summed E-state index contributed by atoms with van der Waals surface area (Å²) in [5.41, 5.74) is 2.54. The largest absolute Gasteiger partial charge is 0.478 e. The lowest BCUT2D eigenvalue weighted by Crippen LogP contribution is -1.98. The summed E-state index contributed by atoms with van der Waals surface area (Å²) in [4.78, 5) is 15.5. The molecule has 3 rings (SSSR count). The third kappa shape index (κ3) is 2.54. The van der Waals surface area contributed by atoms with Crippen molar-refractivity contribution in [2.24, 2.45) is 0 Å². The van der Waals surface area contributed by atoms with E-state index in [1.807, 2.05) is 12.1 Å². The maximum absolute atomic E-state index is 11.0. The number of nitrogens with zero attached hydrogens (tertiary/aromatic N) is 1. The molecule has 0 amide bonds. The number of aryl methyl sites for hydroxylation is 2. The second-order valence-corrected chi connectivity index (χ2v) is 5.52. The van der Waals surface area contributed by atoms with Crippen LogP contribution in [0.3, 0.4) is 0 Å². The van der Waals surface area contributed by atoms with Gasteiger partial charge in [0, 0.05) is 11.8 Å². The molecule has 1 heterocycles. The second-order valence-electron chi connectivity index (χ2n) is 4.66. The topological polar surface area (TPSA) is 59.4 Å². The SMILES string of the molecule is O=C(O)c1ccc(Br)c(Oc2ccc3c(n2)CCC3)c1. The van der Waals surface area contributed by atoms with Crippen LogP contribution in [0.15, 0.2) is 34.8 Å². The first-order valence-electron chi connectivity index (χ1n) is 6.33. The first-order valence-corrected chi connectivity index (χ1v) is 7.12. The number of aromatic nitrogens is 1. The summed E-state index contributed by atoms with van der Waals surface area (Å²) in [5, 5.41) is 9.01. The van der Waals surface area contributed by atoms with Gasteiger partial charge >= 0.3 is 5.97 Å². The van der Waals surface area contributed by atoms with Crippen molar-refractivity contribution >= 4 is 21.9 Å². The van der Waals surface area contributed by atoms with E-state index in [-0.39, 0.29) is 5.56 Å². The van der Waals surface area contributed by atoms with Crippen molar-refractivity contribution in [1.82, 2.24) is 4.98 Å². The fraction of sp³-hybridized carbons (Fsp3) is 0.200. The highest BCUT2D eigenvalue weighted by Crippen LogP contribution is 2.31. The summed E-state index contributed by atoms with van der Waals surface area (Å²) in [6.45, 7) is 0. The minimum Gasteiger partial charge on any atom is -0.478 e. The predicted octanol–water partition coefficient (Wildman–Crippen LogP) is 3.82. The number of carboxylic acids is 1. The molecule has 1 N–H and O–H groups in total. The van der Waals surface area contributed by atoms with Crippen molar-refractivity contribution in [3.05, 3.63) is 51.6 Å². The maximum atomic E-state index is 11.0. The third-order valence-electron chi connectivity index (χ3n) is 3.30. The number of carboxylic acid groups (broad SMARTS) is 1. The molecule has 4 nitrogen and oxygen atoms in total. The molecule has 0 saturated carbocycles. The molecule has 0 aliphatic heterocycles. The standard InChI is InChI=1S/C15H12BrNO3/c16-11-6-4-10(15(18)19)8-13(11)20-14-7-5-9-2-1-3-12(9)17-14/h4-8H,1-3H2,(H,18,19). The Morgan fingerprint density at radius 2 is 2.10 bits per heavy atom. The highest BCUT2D eigenvalue weighted by molar-refractivity contribution is 9.10. The molecule has 0 radical (unpaired) electrons. The molecule has 0 spiro atoms. The number of aromatic carboxylic acids is 1. The molecule has 1 aliphatic rings. The molecule has 0 atom stereocenters. The zero-order valence-electron chi connectivity index (χ0n) is 10.6. The van der Waals surface area contributed by atoms with Gasteiger partial charge in [-0.1, -0.05) is 6.07 Å². The van der Waals surface area contributed by atoms with Gasteiger partial charge in [0.1, 0.15) is 5.75 Å². The molecule has 1 aromatic heterocycles. The van der Waals surface area contributed by atoms with Gasteiger partial charge in [-0.2, -0.15) is 0 Å². The Labute approximate surface area is 124 Å². The van der Waals surface area contributed by atoms with Crippen molar-refractivity contribution < 1.29 is 14.6 Å². The number of ether oxygens (including phenoxy) is 1. The quantitative estimate of drug-likeness (QED) is 0.927. The van der Waals surface area contributed by atoms with Crippen LogP contribution in [0.1, 0.15) is 28.0 Å². The van der Waals surface area contributed by atoms with Crippen molar-refractivity contribution in [2.45, 2.75) is 19.3 Å². The number of rotatable bonds is 3. The van der Waals surface area contributed by atoms with Crippen molar-refractivity contribution in [1.29, 1.82) is 0 Å². The van der Waals surface area contributed by atoms with Gasteiger partial charge < -0.3 is 9.84 Å². The zero-order valence-corrected chi connectivity index (χ0v) is 12.2. The Kier molecular flexibility index (Phi) is 3.44. The van der Waals surface area contributed by atoms with Crippen LogP contribution in [-0.2, 0) is 12.8 Å². The smallest absolute Gasteiger partial charge is 0.335 e. The average Bonchev–Trinajstić information content (AvgIpc) is 2.88. The summed E-state index contributed by atoms with van der Waals surface area (Å²) in [6.07, 6.45) is 3.17. The zero-order chi connectivity index (χ0) is 14.1. The van der Waals surface area contributed by atoms with Crippen LogP contribution in [-0.4, -0.2) is 16.1 Å². The monoisotopic (exact) mass is 333 g/mol. The first-order chi connectivity index (χ1) is 9.63. The normalized spacial score (nSPS) is 13.1. The Morgan fingerprint density at radius 1 is 1.25 bits per heavy atom. The highest BCUT2D eigenvalue weighted by Gasteiger charge is 2.14. The van der Waals surface area contributed by atoms with Gasteiger partial charge in [-0.05, 0) is 59.0 Å². The molecule has 5 heteroatoms. The lowest BCUT2D eigenvalue weighted by molar-refractivity contribution is 0.0696. The highest BCUT2D eigenvalue weighted by atomic mass is 79.9. The van der Waals surface area contributed by atoms with Crippen LogP contribution in [0, 0.1) is 0 Å². The van der Waals surface area contributed by atoms with Crippen molar-refractivity contribution in [3.63, 3.8) is 0 Å². The van der Waals surface area contributed by atoms with Crippen LogP contribution in [0.2, 0.25) is 0 Å². The Hall–Kier alpha value is -1.88. The van der Waals surface area contributed by atoms with E-state index in [1.54, 1.807) is 6.07 Å². The minimum absolute atomic E-state index is 0.185. The second kappa shape index (κ2) is 5.25. The van der Waals surface area contributed by atoms with Crippen LogP contribution < -0.4 is 4.74 Å². The van der Waals surface area contributed by atoms with Crippen LogP contribution in [0.5, 0.6) is 11.6 Å². The lowest BCUT2D eigenvalue weighted by atomic mass is 10.2. The van der Waals surface area contributed by atoms with Gasteiger partial charge in [0.15, 0.2) is 0 Å². The van der Waals surface area contributed by atoms with Gasteiger partial charge in [-0.3, -0.25) is 0 Å². The number of hydrogen-bond donors (Lipinski definition) is 1. The molecular weight excluding hydrogens is 322 g/mol.